The standard InChI is InChI=1S/C21H21N5O3/c1-2-14-3-7-16(8-4-14)24-20(28)12-29-17-9-5-15(6-10-17)18-11-19(27)25-21-22-13-23-26(18)21/h3-10,13,18H,2,11-12H2,1H3,(H,24,28)(H,22,23,25,27)/t18-/m1/s1. The molecular formula is C21H21N5O3. The van der Waals surface area contributed by atoms with Crippen LogP contribution in [0.25, 0.3) is 0 Å². The number of fused-ring (bicyclic) bond motifs is 1. The lowest BCUT2D eigenvalue weighted by Crippen LogP contribution is -2.29. The van der Waals surface area contributed by atoms with E-state index in [9.17, 15) is 9.59 Å². The summed E-state index contributed by atoms with van der Waals surface area (Å²) in [6.45, 7) is 1.99. The molecule has 0 saturated heterocycles. The van der Waals surface area contributed by atoms with Crippen LogP contribution in [0.1, 0.15) is 30.5 Å². The van der Waals surface area contributed by atoms with Crippen molar-refractivity contribution in [2.45, 2.75) is 25.8 Å². The molecule has 2 aromatic carbocycles. The highest BCUT2D eigenvalue weighted by molar-refractivity contribution is 5.92. The van der Waals surface area contributed by atoms with Gasteiger partial charge < -0.3 is 10.1 Å². The smallest absolute Gasteiger partial charge is 0.262 e. The van der Waals surface area contributed by atoms with Gasteiger partial charge in [-0.15, -0.1) is 0 Å². The molecule has 0 bridgehead atoms. The first-order valence-electron chi connectivity index (χ1n) is 9.43. The first kappa shape index (κ1) is 18.7. The van der Waals surface area contributed by atoms with Gasteiger partial charge in [-0.3, -0.25) is 14.9 Å². The second kappa shape index (κ2) is 8.14. The van der Waals surface area contributed by atoms with Crippen molar-refractivity contribution in [3.8, 4) is 5.75 Å². The van der Waals surface area contributed by atoms with Crippen LogP contribution in [-0.4, -0.2) is 33.2 Å². The van der Waals surface area contributed by atoms with Gasteiger partial charge in [-0.2, -0.15) is 10.1 Å². The van der Waals surface area contributed by atoms with Crippen LogP contribution in [0.2, 0.25) is 0 Å². The minimum Gasteiger partial charge on any atom is -0.484 e. The highest BCUT2D eigenvalue weighted by atomic mass is 16.5. The van der Waals surface area contributed by atoms with Crippen LogP contribution in [-0.2, 0) is 16.0 Å². The molecule has 1 aliphatic heterocycles. The number of carbonyl (C=O) groups is 2. The first-order valence-corrected chi connectivity index (χ1v) is 9.43. The zero-order valence-electron chi connectivity index (χ0n) is 16.0. The number of nitrogens with one attached hydrogen (secondary N) is 2. The molecule has 0 fully saturated rings. The largest absolute Gasteiger partial charge is 0.484 e. The number of ether oxygens (including phenoxy) is 1. The zero-order chi connectivity index (χ0) is 20.2. The highest BCUT2D eigenvalue weighted by Gasteiger charge is 2.27. The van der Waals surface area contributed by atoms with Crippen molar-refractivity contribution in [3.63, 3.8) is 0 Å². The lowest BCUT2D eigenvalue weighted by atomic mass is 10.0. The molecule has 0 spiro atoms. The molecule has 1 atom stereocenters. The van der Waals surface area contributed by atoms with Gasteiger partial charge in [0.2, 0.25) is 11.9 Å². The van der Waals surface area contributed by atoms with Gasteiger partial charge in [0.25, 0.3) is 5.91 Å². The summed E-state index contributed by atoms with van der Waals surface area (Å²) < 4.78 is 7.27. The summed E-state index contributed by atoms with van der Waals surface area (Å²) >= 11 is 0. The molecule has 0 aliphatic carbocycles. The summed E-state index contributed by atoms with van der Waals surface area (Å²) in [6.07, 6.45) is 2.66. The Balaban J connectivity index is 1.35. The molecule has 2 N–H and O–H groups in total. The number of carbonyl (C=O) groups excluding carboxylic acids is 2. The quantitative estimate of drug-likeness (QED) is 0.673. The molecule has 8 heteroatoms. The fraction of sp³-hybridized carbons (Fsp3) is 0.238. The van der Waals surface area contributed by atoms with E-state index in [-0.39, 0.29) is 30.9 Å². The molecule has 1 aromatic heterocycles. The van der Waals surface area contributed by atoms with Crippen molar-refractivity contribution in [2.75, 3.05) is 17.2 Å². The topological polar surface area (TPSA) is 98.1 Å². The molecule has 2 heterocycles. The number of rotatable bonds is 6. The number of benzene rings is 2. The van der Waals surface area contributed by atoms with Crippen molar-refractivity contribution in [3.05, 3.63) is 66.0 Å². The number of aromatic nitrogens is 3. The Labute approximate surface area is 167 Å². The molecular weight excluding hydrogens is 370 g/mol. The Kier molecular flexibility index (Phi) is 5.24. The predicted molar refractivity (Wildman–Crippen MR) is 108 cm³/mol. The number of aryl methyl sites for hydroxylation is 1. The summed E-state index contributed by atoms with van der Waals surface area (Å²) in [6, 6.07) is 14.8. The number of hydrogen-bond acceptors (Lipinski definition) is 5. The van der Waals surface area contributed by atoms with Gasteiger partial charge in [0.15, 0.2) is 6.61 Å². The molecule has 148 valence electrons. The van der Waals surface area contributed by atoms with E-state index in [0.29, 0.717) is 11.7 Å². The van der Waals surface area contributed by atoms with Crippen LogP contribution < -0.4 is 15.4 Å². The first-order chi connectivity index (χ1) is 14.1. The monoisotopic (exact) mass is 391 g/mol. The average molecular weight is 391 g/mol. The van der Waals surface area contributed by atoms with Crippen molar-refractivity contribution in [1.82, 2.24) is 14.8 Å². The highest BCUT2D eigenvalue weighted by Crippen LogP contribution is 2.29. The van der Waals surface area contributed by atoms with E-state index in [1.165, 1.54) is 11.9 Å². The second-order valence-electron chi connectivity index (χ2n) is 6.75. The second-order valence-corrected chi connectivity index (χ2v) is 6.75. The fourth-order valence-corrected chi connectivity index (χ4v) is 3.22. The Morgan fingerprint density at radius 3 is 2.69 bits per heavy atom. The molecule has 1 aliphatic rings. The van der Waals surface area contributed by atoms with Crippen LogP contribution in [0.5, 0.6) is 5.75 Å². The summed E-state index contributed by atoms with van der Waals surface area (Å²) in [5.74, 6) is 0.688. The summed E-state index contributed by atoms with van der Waals surface area (Å²) in [5.41, 5.74) is 2.87. The maximum absolute atomic E-state index is 12.1. The normalized spacial score (nSPS) is 15.3. The van der Waals surface area contributed by atoms with E-state index in [4.69, 9.17) is 4.74 Å². The van der Waals surface area contributed by atoms with Crippen molar-refractivity contribution in [1.29, 1.82) is 0 Å². The number of anilines is 2. The lowest BCUT2D eigenvalue weighted by molar-refractivity contribution is -0.118. The maximum Gasteiger partial charge on any atom is 0.262 e. The Bertz CT molecular complexity index is 1010. The molecule has 0 saturated carbocycles. The summed E-state index contributed by atoms with van der Waals surface area (Å²) in [5, 5.41) is 9.69. The molecule has 0 radical (unpaired) electrons. The van der Waals surface area contributed by atoms with Gasteiger partial charge in [-0.05, 0) is 41.8 Å². The SMILES string of the molecule is CCc1ccc(NC(=O)COc2ccc([C@H]3CC(=O)Nc4ncnn43)cc2)cc1. The van der Waals surface area contributed by atoms with Gasteiger partial charge >= 0.3 is 0 Å². The van der Waals surface area contributed by atoms with E-state index < -0.39 is 0 Å². The minimum absolute atomic E-state index is 0.0894. The Morgan fingerprint density at radius 2 is 1.97 bits per heavy atom. The van der Waals surface area contributed by atoms with Crippen molar-refractivity contribution < 1.29 is 14.3 Å². The third-order valence-electron chi connectivity index (χ3n) is 4.78. The zero-order valence-corrected chi connectivity index (χ0v) is 16.0. The van der Waals surface area contributed by atoms with Crippen LogP contribution in [0.4, 0.5) is 11.6 Å². The van der Waals surface area contributed by atoms with E-state index >= 15 is 0 Å². The van der Waals surface area contributed by atoms with Gasteiger partial charge in [0, 0.05) is 5.69 Å². The molecule has 29 heavy (non-hydrogen) atoms. The predicted octanol–water partition coefficient (Wildman–Crippen LogP) is 2.79. The van der Waals surface area contributed by atoms with Crippen molar-refractivity contribution >= 4 is 23.5 Å². The lowest BCUT2D eigenvalue weighted by Gasteiger charge is -2.23. The van der Waals surface area contributed by atoms with Crippen LogP contribution in [0.3, 0.4) is 0 Å². The number of amides is 2. The fourth-order valence-electron chi connectivity index (χ4n) is 3.22. The Morgan fingerprint density at radius 1 is 1.21 bits per heavy atom. The van der Waals surface area contributed by atoms with Gasteiger partial charge in [0.1, 0.15) is 12.1 Å². The van der Waals surface area contributed by atoms with Crippen LogP contribution in [0, 0.1) is 0 Å². The van der Waals surface area contributed by atoms with E-state index in [1.807, 2.05) is 36.4 Å². The van der Waals surface area contributed by atoms with Gasteiger partial charge in [-0.1, -0.05) is 31.2 Å². The van der Waals surface area contributed by atoms with Crippen molar-refractivity contribution in [2.24, 2.45) is 0 Å². The molecule has 0 unspecified atom stereocenters. The average Bonchev–Trinajstić information content (AvgIpc) is 3.21. The van der Waals surface area contributed by atoms with Crippen LogP contribution in [0.15, 0.2) is 54.9 Å². The van der Waals surface area contributed by atoms with Crippen LogP contribution >= 0.6 is 0 Å². The van der Waals surface area contributed by atoms with Gasteiger partial charge in [0.05, 0.1) is 12.5 Å². The molecule has 2 amide bonds. The van der Waals surface area contributed by atoms with E-state index in [0.717, 1.165) is 17.7 Å². The minimum atomic E-state index is -0.227. The molecule has 8 nitrogen and oxygen atoms in total. The van der Waals surface area contributed by atoms with E-state index in [1.54, 1.807) is 16.8 Å². The Hall–Kier alpha value is -3.68. The molecule has 3 aromatic rings. The summed E-state index contributed by atoms with van der Waals surface area (Å²) in [4.78, 5) is 28.0. The van der Waals surface area contributed by atoms with E-state index in [2.05, 4.69) is 27.6 Å². The number of hydrogen-bond donors (Lipinski definition) is 2. The third-order valence-corrected chi connectivity index (χ3v) is 4.78. The third kappa shape index (κ3) is 4.26. The summed E-state index contributed by atoms with van der Waals surface area (Å²) in [7, 11) is 0. The van der Waals surface area contributed by atoms with Gasteiger partial charge in [-0.25, -0.2) is 4.68 Å². The molecule has 4 rings (SSSR count). The maximum atomic E-state index is 12.1. The number of nitrogens with zero attached hydrogens (tertiary/aromatic N) is 3.